The SMILES string of the molecule is O=C(O)c1ccccc1N(Cc1ccccc1)C1CCCCC1=O. The molecule has 1 aliphatic carbocycles. The van der Waals surface area contributed by atoms with Gasteiger partial charge >= 0.3 is 5.97 Å². The molecule has 1 atom stereocenters. The summed E-state index contributed by atoms with van der Waals surface area (Å²) in [6, 6.07) is 16.6. The summed E-state index contributed by atoms with van der Waals surface area (Å²) in [7, 11) is 0. The number of Topliss-reactive ketones (excluding diaryl/α,β-unsaturated/α-hetero) is 1. The lowest BCUT2D eigenvalue weighted by atomic mass is 9.91. The van der Waals surface area contributed by atoms with E-state index in [2.05, 4.69) is 0 Å². The molecular weight excluding hydrogens is 302 g/mol. The summed E-state index contributed by atoms with van der Waals surface area (Å²) in [6.07, 6.45) is 3.27. The second-order valence-corrected chi connectivity index (χ2v) is 6.16. The summed E-state index contributed by atoms with van der Waals surface area (Å²) >= 11 is 0. The van der Waals surface area contributed by atoms with E-state index in [0.717, 1.165) is 24.8 Å². The van der Waals surface area contributed by atoms with E-state index >= 15 is 0 Å². The van der Waals surface area contributed by atoms with E-state index in [0.29, 0.717) is 18.7 Å². The molecule has 1 aliphatic rings. The van der Waals surface area contributed by atoms with Crippen LogP contribution >= 0.6 is 0 Å². The molecule has 3 rings (SSSR count). The van der Waals surface area contributed by atoms with Crippen molar-refractivity contribution in [2.45, 2.75) is 38.3 Å². The monoisotopic (exact) mass is 323 g/mol. The van der Waals surface area contributed by atoms with Crippen molar-refractivity contribution < 1.29 is 14.7 Å². The average molecular weight is 323 g/mol. The Morgan fingerprint density at radius 1 is 1.04 bits per heavy atom. The molecule has 0 spiro atoms. The zero-order valence-electron chi connectivity index (χ0n) is 13.5. The van der Waals surface area contributed by atoms with Crippen LogP contribution in [0.3, 0.4) is 0 Å². The number of hydrogen-bond acceptors (Lipinski definition) is 3. The number of carbonyl (C=O) groups excluding carboxylic acids is 1. The van der Waals surface area contributed by atoms with Crippen LogP contribution in [0.25, 0.3) is 0 Å². The summed E-state index contributed by atoms with van der Waals surface area (Å²) in [5.41, 5.74) is 1.93. The lowest BCUT2D eigenvalue weighted by Gasteiger charge is -2.36. The lowest BCUT2D eigenvalue weighted by molar-refractivity contribution is -0.121. The molecule has 0 radical (unpaired) electrons. The fraction of sp³-hybridized carbons (Fsp3) is 0.300. The predicted molar refractivity (Wildman–Crippen MR) is 93.3 cm³/mol. The highest BCUT2D eigenvalue weighted by molar-refractivity contribution is 5.96. The van der Waals surface area contributed by atoms with Crippen LogP contribution in [0.5, 0.6) is 0 Å². The second kappa shape index (κ2) is 7.30. The maximum absolute atomic E-state index is 12.5. The Labute approximate surface area is 141 Å². The maximum atomic E-state index is 12.5. The average Bonchev–Trinajstić information content (AvgIpc) is 2.61. The third-order valence-corrected chi connectivity index (χ3v) is 4.54. The first-order chi connectivity index (χ1) is 11.7. The number of ketones is 1. The summed E-state index contributed by atoms with van der Waals surface area (Å²) in [4.78, 5) is 26.1. The first kappa shape index (κ1) is 16.2. The molecule has 0 aromatic heterocycles. The van der Waals surface area contributed by atoms with Crippen LogP contribution in [0.2, 0.25) is 0 Å². The standard InChI is InChI=1S/C20H21NO3/c22-19-13-7-6-12-18(19)21(14-15-8-2-1-3-9-15)17-11-5-4-10-16(17)20(23)24/h1-5,8-11,18H,6-7,12-14H2,(H,23,24). The van der Waals surface area contributed by atoms with Crippen LogP contribution in [0.15, 0.2) is 54.6 Å². The Hall–Kier alpha value is -2.62. The third kappa shape index (κ3) is 3.48. The quantitative estimate of drug-likeness (QED) is 0.906. The fourth-order valence-electron chi connectivity index (χ4n) is 3.34. The van der Waals surface area contributed by atoms with Gasteiger partial charge in [0.05, 0.1) is 17.3 Å². The maximum Gasteiger partial charge on any atom is 0.337 e. The van der Waals surface area contributed by atoms with Crippen LogP contribution in [0.1, 0.15) is 41.6 Å². The highest BCUT2D eigenvalue weighted by Crippen LogP contribution is 2.30. The highest BCUT2D eigenvalue weighted by atomic mass is 16.4. The van der Waals surface area contributed by atoms with Gasteiger partial charge in [0.15, 0.2) is 5.78 Å². The van der Waals surface area contributed by atoms with Crippen molar-refractivity contribution in [3.8, 4) is 0 Å². The number of rotatable bonds is 5. The Morgan fingerprint density at radius 3 is 2.46 bits per heavy atom. The van der Waals surface area contributed by atoms with Crippen molar-refractivity contribution in [1.29, 1.82) is 0 Å². The Morgan fingerprint density at radius 2 is 1.75 bits per heavy atom. The van der Waals surface area contributed by atoms with E-state index in [-0.39, 0.29) is 17.4 Å². The summed E-state index contributed by atoms with van der Waals surface area (Å²) in [6.45, 7) is 0.529. The van der Waals surface area contributed by atoms with Crippen molar-refractivity contribution in [3.63, 3.8) is 0 Å². The zero-order chi connectivity index (χ0) is 16.9. The first-order valence-electron chi connectivity index (χ1n) is 8.32. The molecule has 4 heteroatoms. The van der Waals surface area contributed by atoms with E-state index in [9.17, 15) is 14.7 Å². The molecular formula is C20H21NO3. The molecule has 0 heterocycles. The molecule has 0 amide bonds. The summed E-state index contributed by atoms with van der Waals surface area (Å²) in [5.74, 6) is -0.760. The molecule has 2 aromatic rings. The van der Waals surface area contributed by atoms with Crippen molar-refractivity contribution in [2.24, 2.45) is 0 Å². The minimum Gasteiger partial charge on any atom is -0.478 e. The van der Waals surface area contributed by atoms with Crippen molar-refractivity contribution in [2.75, 3.05) is 4.90 Å². The van der Waals surface area contributed by atoms with Gasteiger partial charge in [0, 0.05) is 13.0 Å². The van der Waals surface area contributed by atoms with E-state index in [4.69, 9.17) is 0 Å². The van der Waals surface area contributed by atoms with Gasteiger partial charge in [-0.25, -0.2) is 4.79 Å². The molecule has 1 saturated carbocycles. The molecule has 1 N–H and O–H groups in total. The van der Waals surface area contributed by atoms with E-state index in [1.807, 2.05) is 41.3 Å². The summed E-state index contributed by atoms with van der Waals surface area (Å²) in [5, 5.41) is 9.53. The van der Waals surface area contributed by atoms with Crippen LogP contribution in [0.4, 0.5) is 5.69 Å². The number of benzene rings is 2. The second-order valence-electron chi connectivity index (χ2n) is 6.16. The highest BCUT2D eigenvalue weighted by Gasteiger charge is 2.30. The lowest BCUT2D eigenvalue weighted by Crippen LogP contribution is -2.43. The Balaban J connectivity index is 2.01. The molecule has 1 unspecified atom stereocenters. The number of carbonyl (C=O) groups is 2. The van der Waals surface area contributed by atoms with E-state index < -0.39 is 5.97 Å². The molecule has 0 aliphatic heterocycles. The fourth-order valence-corrected chi connectivity index (χ4v) is 3.34. The van der Waals surface area contributed by atoms with Gasteiger partial charge < -0.3 is 10.0 Å². The number of carboxylic acids is 1. The van der Waals surface area contributed by atoms with E-state index in [1.165, 1.54) is 0 Å². The van der Waals surface area contributed by atoms with Gasteiger partial charge in [-0.2, -0.15) is 0 Å². The van der Waals surface area contributed by atoms with Gasteiger partial charge in [0.2, 0.25) is 0 Å². The van der Waals surface area contributed by atoms with Crippen molar-refractivity contribution in [1.82, 2.24) is 0 Å². The van der Waals surface area contributed by atoms with E-state index in [1.54, 1.807) is 18.2 Å². The smallest absolute Gasteiger partial charge is 0.337 e. The number of hydrogen-bond donors (Lipinski definition) is 1. The largest absolute Gasteiger partial charge is 0.478 e. The van der Waals surface area contributed by atoms with Crippen LogP contribution < -0.4 is 4.90 Å². The minimum atomic E-state index is -0.966. The predicted octanol–water partition coefficient (Wildman–Crippen LogP) is 3.90. The van der Waals surface area contributed by atoms with Crippen LogP contribution in [0, 0.1) is 0 Å². The molecule has 2 aromatic carbocycles. The molecule has 0 bridgehead atoms. The summed E-state index contributed by atoms with van der Waals surface area (Å²) < 4.78 is 0. The molecule has 0 saturated heterocycles. The van der Waals surface area contributed by atoms with Crippen LogP contribution in [-0.2, 0) is 11.3 Å². The Bertz CT molecular complexity index is 727. The number of carboxylic acid groups (broad SMARTS) is 1. The molecule has 24 heavy (non-hydrogen) atoms. The van der Waals surface area contributed by atoms with Gasteiger partial charge in [-0.1, -0.05) is 48.9 Å². The Kier molecular flexibility index (Phi) is 4.94. The topological polar surface area (TPSA) is 57.6 Å². The van der Waals surface area contributed by atoms with Crippen molar-refractivity contribution >= 4 is 17.4 Å². The van der Waals surface area contributed by atoms with Gasteiger partial charge in [0.1, 0.15) is 0 Å². The number of nitrogens with zero attached hydrogens (tertiary/aromatic N) is 1. The normalized spacial score (nSPS) is 17.5. The molecule has 4 nitrogen and oxygen atoms in total. The number of para-hydroxylation sites is 1. The molecule has 1 fully saturated rings. The van der Waals surface area contributed by atoms with Gasteiger partial charge in [-0.15, -0.1) is 0 Å². The number of anilines is 1. The molecule has 124 valence electrons. The van der Waals surface area contributed by atoms with Gasteiger partial charge in [-0.3, -0.25) is 4.79 Å². The number of aromatic carboxylic acids is 1. The van der Waals surface area contributed by atoms with Gasteiger partial charge in [0.25, 0.3) is 0 Å². The first-order valence-corrected chi connectivity index (χ1v) is 8.32. The van der Waals surface area contributed by atoms with Crippen LogP contribution in [-0.4, -0.2) is 22.9 Å². The van der Waals surface area contributed by atoms with Gasteiger partial charge in [-0.05, 0) is 30.5 Å². The van der Waals surface area contributed by atoms with Crippen molar-refractivity contribution in [3.05, 3.63) is 65.7 Å². The minimum absolute atomic E-state index is 0.206. The third-order valence-electron chi connectivity index (χ3n) is 4.54. The zero-order valence-corrected chi connectivity index (χ0v) is 13.5.